The van der Waals surface area contributed by atoms with Gasteiger partial charge in [0.1, 0.15) is 0 Å². The fraction of sp³-hybridized carbons (Fsp3) is 0.733. The molecule has 98 valence electrons. The highest BCUT2D eigenvalue weighted by Gasteiger charge is 2.21. The molecule has 0 aromatic rings. The number of hydrogen-bond donors (Lipinski definition) is 1. The molecule has 0 bridgehead atoms. The Labute approximate surface area is 106 Å². The van der Waals surface area contributed by atoms with Gasteiger partial charge in [0, 0.05) is 6.54 Å². The third kappa shape index (κ3) is 5.05. The van der Waals surface area contributed by atoms with E-state index in [1.165, 1.54) is 24.8 Å². The van der Waals surface area contributed by atoms with Gasteiger partial charge in [-0.3, -0.25) is 0 Å². The lowest BCUT2D eigenvalue weighted by molar-refractivity contribution is 0.0148. The summed E-state index contributed by atoms with van der Waals surface area (Å²) >= 11 is 0. The first-order valence-electron chi connectivity index (χ1n) is 6.94. The maximum absolute atomic E-state index is 6.22. The Kier molecular flexibility index (Phi) is 7.22. The predicted octanol–water partition coefficient (Wildman–Crippen LogP) is 3.45. The van der Waals surface area contributed by atoms with Crippen LogP contribution in [0.1, 0.15) is 46.0 Å². The Balaban J connectivity index is 2.62. The number of hydrogen-bond acceptors (Lipinski definition) is 2. The summed E-state index contributed by atoms with van der Waals surface area (Å²) < 4.78 is 6.22. The number of allylic oxidation sites excluding steroid dienone is 2. The first-order valence-corrected chi connectivity index (χ1v) is 6.94. The van der Waals surface area contributed by atoms with Gasteiger partial charge in [0.25, 0.3) is 0 Å². The van der Waals surface area contributed by atoms with Gasteiger partial charge in [-0.25, -0.2) is 0 Å². The van der Waals surface area contributed by atoms with Gasteiger partial charge in [-0.2, -0.15) is 0 Å². The summed E-state index contributed by atoms with van der Waals surface area (Å²) in [6.45, 7) is 5.24. The van der Waals surface area contributed by atoms with Gasteiger partial charge >= 0.3 is 0 Å². The van der Waals surface area contributed by atoms with Crippen LogP contribution in [-0.4, -0.2) is 25.8 Å². The largest absolute Gasteiger partial charge is 0.369 e. The highest BCUT2D eigenvalue weighted by molar-refractivity contribution is 5.22. The smallest absolute Gasteiger partial charge is 0.0826 e. The van der Waals surface area contributed by atoms with Crippen molar-refractivity contribution in [1.82, 2.24) is 5.32 Å². The lowest BCUT2D eigenvalue weighted by Crippen LogP contribution is -2.29. The monoisotopic (exact) mass is 237 g/mol. The second kappa shape index (κ2) is 8.48. The van der Waals surface area contributed by atoms with Crippen molar-refractivity contribution in [2.75, 3.05) is 13.6 Å². The van der Waals surface area contributed by atoms with Crippen molar-refractivity contribution >= 4 is 0 Å². The molecule has 0 amide bonds. The van der Waals surface area contributed by atoms with Crippen LogP contribution in [0.2, 0.25) is 0 Å². The molecule has 17 heavy (non-hydrogen) atoms. The molecule has 0 saturated carbocycles. The number of ether oxygens (including phenoxy) is 1. The summed E-state index contributed by atoms with van der Waals surface area (Å²) in [7, 11) is 2.00. The molecular weight excluding hydrogens is 210 g/mol. The van der Waals surface area contributed by atoms with Crippen molar-refractivity contribution in [2.45, 2.75) is 58.2 Å². The number of likely N-dealkylation sites (N-methyl/N-ethyl adjacent to an activating group) is 1. The molecular formula is C15H27NO. The first-order chi connectivity index (χ1) is 8.31. The average Bonchev–Trinajstić information content (AvgIpc) is 2.57. The lowest BCUT2D eigenvalue weighted by Gasteiger charge is -2.22. The van der Waals surface area contributed by atoms with E-state index in [0.717, 1.165) is 19.4 Å². The fourth-order valence-electron chi connectivity index (χ4n) is 2.34. The third-order valence-corrected chi connectivity index (χ3v) is 3.28. The summed E-state index contributed by atoms with van der Waals surface area (Å²) in [6, 6.07) is 0. The molecule has 0 aromatic carbocycles. The maximum Gasteiger partial charge on any atom is 0.0826 e. The van der Waals surface area contributed by atoms with Crippen molar-refractivity contribution < 1.29 is 4.74 Å². The molecule has 1 aliphatic heterocycles. The summed E-state index contributed by atoms with van der Waals surface area (Å²) in [5.74, 6) is 0. The minimum absolute atomic E-state index is 0.295. The highest BCUT2D eigenvalue weighted by atomic mass is 16.5. The summed E-state index contributed by atoms with van der Waals surface area (Å²) in [5, 5.41) is 3.22. The molecule has 2 heteroatoms. The van der Waals surface area contributed by atoms with Gasteiger partial charge in [0.15, 0.2) is 0 Å². The van der Waals surface area contributed by atoms with Crippen LogP contribution in [0.4, 0.5) is 0 Å². The minimum Gasteiger partial charge on any atom is -0.369 e. The summed E-state index contributed by atoms with van der Waals surface area (Å²) in [4.78, 5) is 0. The van der Waals surface area contributed by atoms with Crippen molar-refractivity contribution in [1.29, 1.82) is 0 Å². The van der Waals surface area contributed by atoms with Crippen LogP contribution in [0.25, 0.3) is 0 Å². The second-order valence-corrected chi connectivity index (χ2v) is 4.69. The maximum atomic E-state index is 6.22. The molecule has 1 saturated heterocycles. The molecule has 1 N–H and O–H groups in total. The van der Waals surface area contributed by atoms with Gasteiger partial charge < -0.3 is 10.1 Å². The Hall–Kier alpha value is -0.600. The molecule has 1 rings (SSSR count). The Bertz CT molecular complexity index is 258. The van der Waals surface area contributed by atoms with Crippen LogP contribution in [0.5, 0.6) is 0 Å². The zero-order chi connectivity index (χ0) is 12.5. The molecule has 0 aromatic heterocycles. The molecule has 1 fully saturated rings. The van der Waals surface area contributed by atoms with E-state index in [-0.39, 0.29) is 0 Å². The molecule has 1 heterocycles. The van der Waals surface area contributed by atoms with Gasteiger partial charge in [-0.15, -0.1) is 0 Å². The van der Waals surface area contributed by atoms with Crippen LogP contribution in [0.15, 0.2) is 23.8 Å². The van der Waals surface area contributed by atoms with E-state index in [1.807, 2.05) is 7.05 Å². The van der Waals surface area contributed by atoms with Crippen LogP contribution >= 0.6 is 0 Å². The van der Waals surface area contributed by atoms with Crippen molar-refractivity contribution in [2.24, 2.45) is 0 Å². The first kappa shape index (κ1) is 14.5. The van der Waals surface area contributed by atoms with Gasteiger partial charge in [0.2, 0.25) is 0 Å². The van der Waals surface area contributed by atoms with Crippen molar-refractivity contribution in [3.05, 3.63) is 23.8 Å². The molecule has 0 unspecified atom stereocenters. The predicted molar refractivity (Wildman–Crippen MR) is 74.2 cm³/mol. The quantitative estimate of drug-likeness (QED) is 0.740. The van der Waals surface area contributed by atoms with Crippen LogP contribution in [0, 0.1) is 0 Å². The highest BCUT2D eigenvalue weighted by Crippen LogP contribution is 2.24. The molecule has 0 aliphatic carbocycles. The molecule has 0 spiro atoms. The van der Waals surface area contributed by atoms with Crippen molar-refractivity contribution in [3.8, 4) is 0 Å². The summed E-state index contributed by atoms with van der Waals surface area (Å²) in [6.07, 6.45) is 13.3. The molecule has 2 atom stereocenters. The van der Waals surface area contributed by atoms with Crippen LogP contribution in [-0.2, 0) is 4.74 Å². The zero-order valence-corrected chi connectivity index (χ0v) is 11.5. The third-order valence-electron chi connectivity index (χ3n) is 3.28. The Morgan fingerprint density at radius 2 is 2.12 bits per heavy atom. The normalized spacial score (nSPS) is 27.4. The van der Waals surface area contributed by atoms with E-state index < -0.39 is 0 Å². The second-order valence-electron chi connectivity index (χ2n) is 4.69. The molecule has 0 radical (unpaired) electrons. The van der Waals surface area contributed by atoms with E-state index in [9.17, 15) is 0 Å². The number of nitrogens with one attached hydrogen (secondary N) is 1. The van der Waals surface area contributed by atoms with Crippen LogP contribution < -0.4 is 5.32 Å². The number of rotatable bonds is 5. The van der Waals surface area contributed by atoms with Gasteiger partial charge in [0.05, 0.1) is 12.2 Å². The van der Waals surface area contributed by atoms with E-state index >= 15 is 0 Å². The SMILES string of the molecule is C/C=C(\C=C/CC)[C@@H]1CCCC[C@H](CNC)O1. The minimum atomic E-state index is 0.295. The standard InChI is InChI=1S/C15H27NO/c1-4-6-9-13(5-2)15-11-8-7-10-14(17-15)12-16-3/h5-6,9,14-16H,4,7-8,10-12H2,1-3H3/b9-6-,13-5+/t14-,15+/m1/s1. The van der Waals surface area contributed by atoms with E-state index in [1.54, 1.807) is 0 Å². The van der Waals surface area contributed by atoms with Crippen molar-refractivity contribution in [3.63, 3.8) is 0 Å². The van der Waals surface area contributed by atoms with Gasteiger partial charge in [-0.1, -0.05) is 38.0 Å². The van der Waals surface area contributed by atoms with E-state index in [4.69, 9.17) is 4.74 Å². The topological polar surface area (TPSA) is 21.3 Å². The fourth-order valence-corrected chi connectivity index (χ4v) is 2.34. The van der Waals surface area contributed by atoms with Crippen LogP contribution in [0.3, 0.4) is 0 Å². The average molecular weight is 237 g/mol. The lowest BCUT2D eigenvalue weighted by atomic mass is 10.0. The Morgan fingerprint density at radius 3 is 2.76 bits per heavy atom. The van der Waals surface area contributed by atoms with E-state index in [2.05, 4.69) is 37.4 Å². The molecule has 2 nitrogen and oxygen atoms in total. The zero-order valence-electron chi connectivity index (χ0n) is 11.5. The summed E-state index contributed by atoms with van der Waals surface area (Å²) in [5.41, 5.74) is 1.34. The molecule has 1 aliphatic rings. The Morgan fingerprint density at radius 1 is 1.35 bits per heavy atom. The van der Waals surface area contributed by atoms with E-state index in [0.29, 0.717) is 12.2 Å². The van der Waals surface area contributed by atoms with Gasteiger partial charge in [-0.05, 0) is 38.8 Å².